The Labute approximate surface area is 277 Å². The van der Waals surface area contributed by atoms with Crippen LogP contribution in [0.15, 0.2) is 48.5 Å². The Balaban J connectivity index is 0.00000156. The molecule has 0 radical (unpaired) electrons. The fourth-order valence-electron chi connectivity index (χ4n) is 3.21. The number of nitrogens with one attached hydrogen (secondary N) is 4. The van der Waals surface area contributed by atoms with Gasteiger partial charge in [-0.05, 0) is 50.2 Å². The number of hydrogen-bond donors (Lipinski definition) is 9. The number of aliphatic carboxylic acids is 4. The average molecular weight is 681 g/mol. The molecule has 0 heterocycles. The number of benzene rings is 2. The van der Waals surface area contributed by atoms with E-state index in [1.54, 1.807) is 48.5 Å². The molecule has 0 saturated carbocycles. The van der Waals surface area contributed by atoms with Crippen LogP contribution in [0.5, 0.6) is 11.5 Å². The highest BCUT2D eigenvalue weighted by molar-refractivity contribution is 6.27. The van der Waals surface area contributed by atoms with Gasteiger partial charge in [-0.3, -0.25) is 9.59 Å². The number of carbonyl (C=O) groups is 6. The number of carboxylic acids is 4. The van der Waals surface area contributed by atoms with Gasteiger partial charge in [-0.15, -0.1) is 0 Å². The lowest BCUT2D eigenvalue weighted by Gasteiger charge is -2.17. The van der Waals surface area contributed by atoms with Crippen molar-refractivity contribution in [2.75, 3.05) is 50.0 Å². The SMILES string of the molecule is CCCCNCC(=O)Nc1ccccc1OCC(O)COc1ccccc1NC(=O)CNCCCC.O=C(O)C(=O)O.O=C(O)C(=O)O. The zero-order valence-electron chi connectivity index (χ0n) is 26.8. The molecule has 2 amide bonds. The smallest absolute Gasteiger partial charge is 0.414 e. The van der Waals surface area contributed by atoms with Crippen LogP contribution in [0.25, 0.3) is 0 Å². The van der Waals surface area contributed by atoms with E-state index in [4.69, 9.17) is 49.1 Å². The molecule has 9 N–H and O–H groups in total. The van der Waals surface area contributed by atoms with Gasteiger partial charge in [0.25, 0.3) is 0 Å². The number of carbonyl (C=O) groups excluding carboxylic acids is 2. The molecule has 2 rings (SSSR count). The number of aliphatic hydroxyl groups excluding tert-OH is 1. The second-order valence-corrected chi connectivity index (χ2v) is 9.65. The summed E-state index contributed by atoms with van der Waals surface area (Å²) in [5.41, 5.74) is 1.07. The van der Waals surface area contributed by atoms with E-state index in [-0.39, 0.29) is 38.1 Å². The van der Waals surface area contributed by atoms with Crippen molar-refractivity contribution in [1.82, 2.24) is 10.6 Å². The molecule has 17 nitrogen and oxygen atoms in total. The van der Waals surface area contributed by atoms with Crippen LogP contribution in [0, 0.1) is 0 Å². The Kier molecular flexibility index (Phi) is 23.0. The van der Waals surface area contributed by atoms with Crippen molar-refractivity contribution < 1.29 is 63.8 Å². The maximum absolute atomic E-state index is 12.2. The molecule has 0 aliphatic carbocycles. The molecule has 0 bridgehead atoms. The van der Waals surface area contributed by atoms with Gasteiger partial charge in [0, 0.05) is 0 Å². The Morgan fingerprint density at radius 1 is 0.604 bits per heavy atom. The highest BCUT2D eigenvalue weighted by Crippen LogP contribution is 2.25. The number of para-hydroxylation sites is 4. The first-order valence-electron chi connectivity index (χ1n) is 14.9. The normalized spacial score (nSPS) is 9.92. The highest BCUT2D eigenvalue weighted by Gasteiger charge is 2.13. The van der Waals surface area contributed by atoms with Crippen LogP contribution in [0.1, 0.15) is 39.5 Å². The lowest BCUT2D eigenvalue weighted by molar-refractivity contribution is -0.159. The van der Waals surface area contributed by atoms with Crippen molar-refractivity contribution in [3.63, 3.8) is 0 Å². The maximum atomic E-state index is 12.2. The van der Waals surface area contributed by atoms with E-state index in [1.807, 2.05) is 0 Å². The fraction of sp³-hybridized carbons (Fsp3) is 0.419. The Morgan fingerprint density at radius 3 is 1.25 bits per heavy atom. The number of aliphatic hydroxyl groups is 1. The monoisotopic (exact) mass is 680 g/mol. The van der Waals surface area contributed by atoms with Crippen LogP contribution in [0.3, 0.4) is 0 Å². The van der Waals surface area contributed by atoms with E-state index in [0.29, 0.717) is 22.9 Å². The second-order valence-electron chi connectivity index (χ2n) is 9.65. The molecule has 0 unspecified atom stereocenters. The van der Waals surface area contributed by atoms with E-state index >= 15 is 0 Å². The minimum absolute atomic E-state index is 0.0302. The topological polar surface area (TPSA) is 270 Å². The predicted molar refractivity (Wildman–Crippen MR) is 173 cm³/mol. The lowest BCUT2D eigenvalue weighted by Crippen LogP contribution is -2.29. The average Bonchev–Trinajstić information content (AvgIpc) is 3.04. The second kappa shape index (κ2) is 25.9. The summed E-state index contributed by atoms with van der Waals surface area (Å²) >= 11 is 0. The van der Waals surface area contributed by atoms with Gasteiger partial charge >= 0.3 is 23.9 Å². The molecule has 0 fully saturated rings. The van der Waals surface area contributed by atoms with Crippen molar-refractivity contribution >= 4 is 47.1 Å². The van der Waals surface area contributed by atoms with Crippen LogP contribution in [-0.2, 0) is 28.8 Å². The Bertz CT molecular complexity index is 1190. The van der Waals surface area contributed by atoms with Crippen LogP contribution < -0.4 is 30.7 Å². The molecule has 0 aliphatic heterocycles. The van der Waals surface area contributed by atoms with Crippen molar-refractivity contribution in [1.29, 1.82) is 0 Å². The van der Waals surface area contributed by atoms with E-state index in [9.17, 15) is 14.7 Å². The third-order valence-corrected chi connectivity index (χ3v) is 5.54. The molecule has 0 aromatic heterocycles. The van der Waals surface area contributed by atoms with Crippen molar-refractivity contribution in [2.24, 2.45) is 0 Å². The van der Waals surface area contributed by atoms with Crippen LogP contribution in [0.2, 0.25) is 0 Å². The quantitative estimate of drug-likeness (QED) is 0.0797. The predicted octanol–water partition coefficient (Wildman–Crippen LogP) is 1.47. The van der Waals surface area contributed by atoms with Crippen LogP contribution >= 0.6 is 0 Å². The van der Waals surface area contributed by atoms with Gasteiger partial charge in [-0.1, -0.05) is 51.0 Å². The number of amides is 2. The lowest BCUT2D eigenvalue weighted by atomic mass is 10.2. The van der Waals surface area contributed by atoms with Gasteiger partial charge < -0.3 is 56.3 Å². The third-order valence-electron chi connectivity index (χ3n) is 5.54. The van der Waals surface area contributed by atoms with Gasteiger partial charge in [0.05, 0.1) is 24.5 Å². The van der Waals surface area contributed by atoms with E-state index in [2.05, 4.69) is 35.1 Å². The number of carboxylic acid groups (broad SMARTS) is 4. The summed E-state index contributed by atoms with van der Waals surface area (Å²) in [7, 11) is 0. The molecule has 48 heavy (non-hydrogen) atoms. The minimum Gasteiger partial charge on any atom is -0.489 e. The summed E-state index contributed by atoms with van der Waals surface area (Å²) in [6.07, 6.45) is 3.23. The molecular weight excluding hydrogens is 636 g/mol. The number of anilines is 2. The molecule has 2 aromatic rings. The first-order valence-corrected chi connectivity index (χ1v) is 14.9. The van der Waals surface area contributed by atoms with E-state index in [1.165, 1.54) is 0 Å². The van der Waals surface area contributed by atoms with Crippen LogP contribution in [0.4, 0.5) is 11.4 Å². The molecule has 0 spiro atoms. The summed E-state index contributed by atoms with van der Waals surface area (Å²) in [5, 5.41) is 51.8. The highest BCUT2D eigenvalue weighted by atomic mass is 16.5. The molecule has 17 heteroatoms. The van der Waals surface area contributed by atoms with Crippen molar-refractivity contribution in [2.45, 2.75) is 45.6 Å². The molecule has 266 valence electrons. The van der Waals surface area contributed by atoms with Gasteiger partial charge in [0.1, 0.15) is 30.8 Å². The number of unbranched alkanes of at least 4 members (excludes halogenated alkanes) is 2. The zero-order chi connectivity index (χ0) is 36.3. The van der Waals surface area contributed by atoms with Crippen molar-refractivity contribution in [3.05, 3.63) is 48.5 Å². The minimum atomic E-state index is -1.82. The molecule has 0 saturated heterocycles. The van der Waals surface area contributed by atoms with E-state index in [0.717, 1.165) is 38.8 Å². The fourth-order valence-corrected chi connectivity index (χ4v) is 3.21. The largest absolute Gasteiger partial charge is 0.489 e. The van der Waals surface area contributed by atoms with Gasteiger partial charge in [-0.2, -0.15) is 0 Å². The first-order chi connectivity index (χ1) is 22.8. The maximum Gasteiger partial charge on any atom is 0.414 e. The summed E-state index contributed by atoms with van der Waals surface area (Å²) < 4.78 is 11.5. The van der Waals surface area contributed by atoms with E-state index < -0.39 is 30.0 Å². The van der Waals surface area contributed by atoms with Gasteiger partial charge in [0.2, 0.25) is 11.8 Å². The molecule has 2 aromatic carbocycles. The summed E-state index contributed by atoms with van der Waals surface area (Å²) in [6, 6.07) is 14.2. The Hall–Kier alpha value is -5.26. The Morgan fingerprint density at radius 2 is 0.938 bits per heavy atom. The first kappa shape index (κ1) is 42.7. The van der Waals surface area contributed by atoms with Gasteiger partial charge in [0.15, 0.2) is 0 Å². The number of ether oxygens (including phenoxy) is 2. The summed E-state index contributed by atoms with van der Waals surface area (Å²) in [5.74, 6) is -6.70. The van der Waals surface area contributed by atoms with Gasteiger partial charge in [-0.25, -0.2) is 19.2 Å². The zero-order valence-corrected chi connectivity index (χ0v) is 26.8. The molecular formula is C31H44N4O13. The standard InChI is InChI=1S/C27H40N4O5.2C2H2O4/c1-3-5-15-28-17-26(33)30-22-11-7-9-13-24(22)35-19-21(32)20-36-25-14-10-8-12-23(25)31-27(34)18-29-16-6-4-2;2*3-1(4)2(5)6/h7-14,21,28-29,32H,3-6,15-20H2,1-2H3,(H,30,33)(H,31,34);2*(H,3,4)(H,5,6). The van der Waals surface area contributed by atoms with Crippen molar-refractivity contribution in [3.8, 4) is 11.5 Å². The summed E-state index contributed by atoms with van der Waals surface area (Å²) in [4.78, 5) is 60.8. The van der Waals surface area contributed by atoms with Crippen LogP contribution in [-0.4, -0.2) is 107 Å². The molecule has 0 aliphatic rings. The number of hydrogen-bond acceptors (Lipinski definition) is 11. The molecule has 0 atom stereocenters. The number of rotatable bonds is 18. The third kappa shape index (κ3) is 21.5. The summed E-state index contributed by atoms with van der Waals surface area (Å²) in [6.45, 7) is 6.15.